The molecule has 0 saturated carbocycles. The Kier molecular flexibility index (Phi) is 3.15. The van der Waals surface area contributed by atoms with E-state index in [1.54, 1.807) is 0 Å². The van der Waals surface area contributed by atoms with E-state index in [0.29, 0.717) is 6.04 Å². The summed E-state index contributed by atoms with van der Waals surface area (Å²) in [7, 11) is 0. The lowest BCUT2D eigenvalue weighted by Gasteiger charge is -2.21. The van der Waals surface area contributed by atoms with Gasteiger partial charge in [-0.3, -0.25) is 0 Å². The quantitative estimate of drug-likeness (QED) is 0.876. The number of aryl methyl sites for hydroxylation is 1. The number of nitrogens with one attached hydrogen (secondary N) is 1. The molecule has 1 atom stereocenters. The van der Waals surface area contributed by atoms with Gasteiger partial charge < -0.3 is 9.84 Å². The number of hydrogen-bond donors (Lipinski definition) is 1. The molecule has 94 valence electrons. The molecule has 0 aliphatic carbocycles. The minimum Gasteiger partial charge on any atom is -0.359 e. The van der Waals surface area contributed by atoms with Crippen LogP contribution in [0.5, 0.6) is 0 Å². The highest BCUT2D eigenvalue weighted by atomic mass is 16.5. The Morgan fingerprint density at radius 1 is 1.33 bits per heavy atom. The Bertz CT molecular complexity index is 527. The van der Waals surface area contributed by atoms with Crippen molar-refractivity contribution in [3.05, 3.63) is 41.8 Å². The standard InChI is InChI=1S/C15H18N2O/c1-11-5-4-6-12(9-11)13-10-17-18-15(13)14-7-2-3-8-16-14/h4-6,9-10,14,16H,2-3,7-8H2,1H3. The highest BCUT2D eigenvalue weighted by Crippen LogP contribution is 2.32. The van der Waals surface area contributed by atoms with Crippen molar-refractivity contribution in [2.45, 2.75) is 32.2 Å². The summed E-state index contributed by atoms with van der Waals surface area (Å²) in [6.07, 6.45) is 5.48. The first-order valence-corrected chi connectivity index (χ1v) is 6.59. The van der Waals surface area contributed by atoms with Crippen LogP contribution in [0.15, 0.2) is 35.0 Å². The molecular weight excluding hydrogens is 224 g/mol. The summed E-state index contributed by atoms with van der Waals surface area (Å²) in [5.74, 6) is 0.986. The van der Waals surface area contributed by atoms with Crippen molar-refractivity contribution in [3.8, 4) is 11.1 Å². The second-order valence-corrected chi connectivity index (χ2v) is 4.98. The van der Waals surface area contributed by atoms with E-state index in [1.807, 2.05) is 6.20 Å². The van der Waals surface area contributed by atoms with Gasteiger partial charge in [-0.15, -0.1) is 0 Å². The van der Waals surface area contributed by atoms with Gasteiger partial charge in [0.15, 0.2) is 5.76 Å². The summed E-state index contributed by atoms with van der Waals surface area (Å²) >= 11 is 0. The molecule has 3 rings (SSSR count). The normalized spacial score (nSPS) is 19.9. The van der Waals surface area contributed by atoms with Crippen LogP contribution in [-0.2, 0) is 0 Å². The van der Waals surface area contributed by atoms with Crippen molar-refractivity contribution >= 4 is 0 Å². The lowest BCUT2D eigenvalue weighted by atomic mass is 9.96. The summed E-state index contributed by atoms with van der Waals surface area (Å²) in [5, 5.41) is 7.50. The van der Waals surface area contributed by atoms with Crippen LogP contribution in [0.1, 0.15) is 36.6 Å². The molecule has 1 N–H and O–H groups in total. The number of nitrogens with zero attached hydrogens (tertiary/aromatic N) is 1. The highest BCUT2D eigenvalue weighted by Gasteiger charge is 2.22. The molecule has 0 bridgehead atoms. The molecule has 1 unspecified atom stereocenters. The smallest absolute Gasteiger partial charge is 0.161 e. The van der Waals surface area contributed by atoms with Gasteiger partial charge in [0.05, 0.1) is 12.2 Å². The van der Waals surface area contributed by atoms with E-state index >= 15 is 0 Å². The number of piperidine rings is 1. The second kappa shape index (κ2) is 4.94. The Morgan fingerprint density at radius 3 is 3.06 bits per heavy atom. The monoisotopic (exact) mass is 242 g/mol. The SMILES string of the molecule is Cc1cccc(-c2cnoc2C2CCCCN2)c1. The second-order valence-electron chi connectivity index (χ2n) is 4.98. The summed E-state index contributed by atoms with van der Waals surface area (Å²) in [5.41, 5.74) is 3.58. The summed E-state index contributed by atoms with van der Waals surface area (Å²) in [6.45, 7) is 3.17. The zero-order valence-corrected chi connectivity index (χ0v) is 10.6. The van der Waals surface area contributed by atoms with Gasteiger partial charge in [-0.05, 0) is 31.9 Å². The van der Waals surface area contributed by atoms with Crippen LogP contribution in [-0.4, -0.2) is 11.7 Å². The largest absolute Gasteiger partial charge is 0.359 e. The lowest BCUT2D eigenvalue weighted by Crippen LogP contribution is -2.26. The van der Waals surface area contributed by atoms with Crippen molar-refractivity contribution in [3.63, 3.8) is 0 Å². The average Bonchev–Trinajstić information content (AvgIpc) is 2.89. The molecule has 2 heterocycles. The third-order valence-corrected chi connectivity index (χ3v) is 3.55. The summed E-state index contributed by atoms with van der Waals surface area (Å²) in [6, 6.07) is 8.80. The third kappa shape index (κ3) is 2.18. The molecule has 1 aromatic carbocycles. The van der Waals surface area contributed by atoms with Crippen molar-refractivity contribution in [2.75, 3.05) is 6.54 Å². The van der Waals surface area contributed by atoms with Gasteiger partial charge in [0.1, 0.15) is 0 Å². The zero-order chi connectivity index (χ0) is 12.4. The predicted octanol–water partition coefficient (Wildman–Crippen LogP) is 3.46. The van der Waals surface area contributed by atoms with E-state index in [4.69, 9.17) is 4.52 Å². The minimum atomic E-state index is 0.316. The maximum absolute atomic E-state index is 5.49. The number of aromatic nitrogens is 1. The van der Waals surface area contributed by atoms with E-state index < -0.39 is 0 Å². The molecule has 1 saturated heterocycles. The fourth-order valence-corrected chi connectivity index (χ4v) is 2.60. The van der Waals surface area contributed by atoms with Crippen LogP contribution >= 0.6 is 0 Å². The van der Waals surface area contributed by atoms with Crippen molar-refractivity contribution < 1.29 is 4.52 Å². The summed E-state index contributed by atoms with van der Waals surface area (Å²) < 4.78 is 5.49. The number of rotatable bonds is 2. The van der Waals surface area contributed by atoms with Crippen LogP contribution in [0.3, 0.4) is 0 Å². The average molecular weight is 242 g/mol. The topological polar surface area (TPSA) is 38.1 Å². The first-order chi connectivity index (χ1) is 8.84. The van der Waals surface area contributed by atoms with Gasteiger partial charge in [0, 0.05) is 5.56 Å². The van der Waals surface area contributed by atoms with Gasteiger partial charge in [-0.1, -0.05) is 41.4 Å². The maximum atomic E-state index is 5.49. The van der Waals surface area contributed by atoms with Crippen LogP contribution in [0, 0.1) is 6.92 Å². The first-order valence-electron chi connectivity index (χ1n) is 6.59. The predicted molar refractivity (Wildman–Crippen MR) is 71.3 cm³/mol. The first kappa shape index (κ1) is 11.5. The zero-order valence-electron chi connectivity index (χ0n) is 10.6. The fraction of sp³-hybridized carbons (Fsp3) is 0.400. The van der Waals surface area contributed by atoms with Gasteiger partial charge >= 0.3 is 0 Å². The molecule has 1 aliphatic heterocycles. The summed E-state index contributed by atoms with van der Waals surface area (Å²) in [4.78, 5) is 0. The minimum absolute atomic E-state index is 0.316. The Labute approximate surface area is 107 Å². The van der Waals surface area contributed by atoms with Gasteiger partial charge in [-0.2, -0.15) is 0 Å². The van der Waals surface area contributed by atoms with E-state index in [0.717, 1.165) is 24.3 Å². The molecule has 3 nitrogen and oxygen atoms in total. The molecule has 1 aliphatic rings. The Balaban J connectivity index is 1.95. The molecule has 1 aromatic heterocycles. The van der Waals surface area contributed by atoms with E-state index in [9.17, 15) is 0 Å². The van der Waals surface area contributed by atoms with Crippen LogP contribution in [0.2, 0.25) is 0 Å². The van der Waals surface area contributed by atoms with Crippen molar-refractivity contribution in [1.29, 1.82) is 0 Å². The maximum Gasteiger partial charge on any atom is 0.161 e. The molecule has 3 heteroatoms. The Hall–Kier alpha value is -1.61. The van der Waals surface area contributed by atoms with Crippen LogP contribution in [0.25, 0.3) is 11.1 Å². The number of hydrogen-bond acceptors (Lipinski definition) is 3. The van der Waals surface area contributed by atoms with Crippen LogP contribution < -0.4 is 5.32 Å². The van der Waals surface area contributed by atoms with Gasteiger partial charge in [-0.25, -0.2) is 0 Å². The number of benzene rings is 1. The molecule has 18 heavy (non-hydrogen) atoms. The Morgan fingerprint density at radius 2 is 2.28 bits per heavy atom. The van der Waals surface area contributed by atoms with Crippen molar-refractivity contribution in [2.24, 2.45) is 0 Å². The molecular formula is C15H18N2O. The lowest BCUT2D eigenvalue weighted by molar-refractivity contribution is 0.306. The molecule has 0 amide bonds. The van der Waals surface area contributed by atoms with E-state index in [1.165, 1.54) is 24.0 Å². The van der Waals surface area contributed by atoms with Gasteiger partial charge in [0.25, 0.3) is 0 Å². The van der Waals surface area contributed by atoms with E-state index in [2.05, 4.69) is 41.7 Å². The molecule has 1 fully saturated rings. The van der Waals surface area contributed by atoms with E-state index in [-0.39, 0.29) is 0 Å². The molecule has 2 aromatic rings. The molecule has 0 spiro atoms. The van der Waals surface area contributed by atoms with Crippen LogP contribution in [0.4, 0.5) is 0 Å². The molecule has 0 radical (unpaired) electrons. The third-order valence-electron chi connectivity index (χ3n) is 3.55. The van der Waals surface area contributed by atoms with Crippen molar-refractivity contribution in [1.82, 2.24) is 10.5 Å². The highest BCUT2D eigenvalue weighted by molar-refractivity contribution is 5.65. The van der Waals surface area contributed by atoms with Gasteiger partial charge in [0.2, 0.25) is 0 Å². The fourth-order valence-electron chi connectivity index (χ4n) is 2.60.